The zero-order chi connectivity index (χ0) is 17.4. The molecule has 1 aromatic carbocycles. The molecule has 25 heavy (non-hydrogen) atoms. The summed E-state index contributed by atoms with van der Waals surface area (Å²) in [6.07, 6.45) is 5.69. The van der Waals surface area contributed by atoms with Gasteiger partial charge in [-0.25, -0.2) is 4.98 Å². The van der Waals surface area contributed by atoms with Gasteiger partial charge in [-0.1, -0.05) is 0 Å². The van der Waals surface area contributed by atoms with E-state index in [0.29, 0.717) is 16.6 Å². The Morgan fingerprint density at radius 1 is 1.32 bits per heavy atom. The van der Waals surface area contributed by atoms with Crippen molar-refractivity contribution in [2.75, 3.05) is 12.1 Å². The molecule has 128 valence electrons. The van der Waals surface area contributed by atoms with Crippen LogP contribution in [0.3, 0.4) is 0 Å². The van der Waals surface area contributed by atoms with Gasteiger partial charge in [-0.3, -0.25) is 20.2 Å². The van der Waals surface area contributed by atoms with Crippen LogP contribution < -0.4 is 14.8 Å². The van der Waals surface area contributed by atoms with E-state index < -0.39 is 4.92 Å². The topological polar surface area (TPSA) is 104 Å². The lowest BCUT2D eigenvalue weighted by molar-refractivity contribution is -0.385. The molecule has 0 bridgehead atoms. The fourth-order valence-corrected chi connectivity index (χ4v) is 3.85. The quantitative estimate of drug-likeness (QED) is 0.511. The number of fused-ring (bicyclic) bond motifs is 2. The van der Waals surface area contributed by atoms with E-state index in [1.165, 1.54) is 40.5 Å². The Morgan fingerprint density at radius 3 is 2.88 bits per heavy atom. The average molecular weight is 359 g/mol. The second-order valence-electron chi connectivity index (χ2n) is 5.59. The van der Waals surface area contributed by atoms with Crippen LogP contribution >= 0.6 is 11.3 Å². The molecule has 2 heterocycles. The number of nitrogens with zero attached hydrogens (tertiary/aromatic N) is 2. The van der Waals surface area contributed by atoms with Gasteiger partial charge in [0.2, 0.25) is 12.7 Å². The number of rotatable bonds is 4. The van der Waals surface area contributed by atoms with Gasteiger partial charge in [0.25, 0.3) is 5.69 Å². The van der Waals surface area contributed by atoms with Crippen LogP contribution in [0.4, 0.5) is 10.8 Å². The van der Waals surface area contributed by atoms with Crippen molar-refractivity contribution in [1.29, 1.82) is 0 Å². The smallest absolute Gasteiger partial charge is 0.280 e. The van der Waals surface area contributed by atoms with E-state index in [0.717, 1.165) is 25.0 Å². The Morgan fingerprint density at radius 2 is 2.12 bits per heavy atom. The SMILES string of the molecule is O=C(/C=C/c1cc2c(cc1[N+](=O)[O-])OCO2)Nc1nc2c(s1)CCC2. The molecule has 0 fully saturated rings. The van der Waals surface area contributed by atoms with Crippen LogP contribution in [-0.2, 0) is 17.6 Å². The molecule has 0 saturated carbocycles. The summed E-state index contributed by atoms with van der Waals surface area (Å²) in [5, 5.41) is 14.5. The molecule has 0 atom stereocenters. The van der Waals surface area contributed by atoms with Crippen molar-refractivity contribution in [1.82, 2.24) is 4.98 Å². The standard InChI is InChI=1S/C16H13N3O5S/c20-15(18-16-17-10-2-1-3-14(10)25-16)5-4-9-6-12-13(24-8-23-12)7-11(9)19(21)22/h4-7H,1-3,8H2,(H,17,18,20)/b5-4+. The van der Waals surface area contributed by atoms with Crippen molar-refractivity contribution >= 4 is 34.1 Å². The maximum absolute atomic E-state index is 12.1. The first-order valence-electron chi connectivity index (χ1n) is 7.66. The maximum atomic E-state index is 12.1. The number of aromatic nitrogens is 1. The van der Waals surface area contributed by atoms with Crippen LogP contribution in [0.2, 0.25) is 0 Å². The van der Waals surface area contributed by atoms with Gasteiger partial charge in [0, 0.05) is 11.0 Å². The number of hydrogen-bond acceptors (Lipinski definition) is 7. The fourth-order valence-electron chi connectivity index (χ4n) is 2.79. The van der Waals surface area contributed by atoms with Gasteiger partial charge in [0.1, 0.15) is 0 Å². The fraction of sp³-hybridized carbons (Fsp3) is 0.250. The van der Waals surface area contributed by atoms with Crippen molar-refractivity contribution in [3.05, 3.63) is 44.5 Å². The number of ether oxygens (including phenoxy) is 2. The zero-order valence-corrected chi connectivity index (χ0v) is 13.8. The molecule has 1 aliphatic carbocycles. The van der Waals surface area contributed by atoms with E-state index >= 15 is 0 Å². The number of carbonyl (C=O) groups is 1. The van der Waals surface area contributed by atoms with Gasteiger partial charge >= 0.3 is 0 Å². The third-order valence-electron chi connectivity index (χ3n) is 3.96. The highest BCUT2D eigenvalue weighted by molar-refractivity contribution is 7.15. The third-order valence-corrected chi connectivity index (χ3v) is 5.03. The van der Waals surface area contributed by atoms with Gasteiger partial charge in [-0.15, -0.1) is 11.3 Å². The zero-order valence-electron chi connectivity index (χ0n) is 13.0. The van der Waals surface area contributed by atoms with E-state index in [1.807, 2.05) is 0 Å². The van der Waals surface area contributed by atoms with Crippen LogP contribution in [0.25, 0.3) is 6.08 Å². The molecule has 0 unspecified atom stereocenters. The van der Waals surface area contributed by atoms with E-state index in [4.69, 9.17) is 9.47 Å². The molecule has 0 saturated heterocycles. The van der Waals surface area contributed by atoms with Crippen LogP contribution in [-0.4, -0.2) is 22.6 Å². The number of benzene rings is 1. The molecule has 9 heteroatoms. The number of anilines is 1. The Hall–Kier alpha value is -2.94. The first-order valence-corrected chi connectivity index (χ1v) is 8.47. The van der Waals surface area contributed by atoms with Crippen molar-refractivity contribution in [2.24, 2.45) is 0 Å². The summed E-state index contributed by atoms with van der Waals surface area (Å²) in [7, 11) is 0. The first-order chi connectivity index (χ1) is 12.1. The number of aryl methyl sites for hydroxylation is 2. The predicted octanol–water partition coefficient (Wildman–Crippen LogP) is 2.92. The van der Waals surface area contributed by atoms with Crippen molar-refractivity contribution < 1.29 is 19.2 Å². The Labute approximate surface area is 146 Å². The molecule has 1 amide bonds. The van der Waals surface area contributed by atoms with Crippen molar-refractivity contribution in [3.63, 3.8) is 0 Å². The molecule has 1 N–H and O–H groups in total. The minimum Gasteiger partial charge on any atom is -0.454 e. The summed E-state index contributed by atoms with van der Waals surface area (Å²) < 4.78 is 10.4. The third kappa shape index (κ3) is 3.05. The van der Waals surface area contributed by atoms with Gasteiger partial charge in [-0.05, 0) is 31.4 Å². The first kappa shape index (κ1) is 15.6. The normalized spacial score (nSPS) is 14.7. The number of hydrogen-bond donors (Lipinski definition) is 1. The number of carbonyl (C=O) groups excluding carboxylic acids is 1. The lowest BCUT2D eigenvalue weighted by atomic mass is 10.1. The summed E-state index contributed by atoms with van der Waals surface area (Å²) in [6, 6.07) is 2.79. The lowest BCUT2D eigenvalue weighted by Gasteiger charge is -2.01. The van der Waals surface area contributed by atoms with Crippen molar-refractivity contribution in [2.45, 2.75) is 19.3 Å². The summed E-state index contributed by atoms with van der Waals surface area (Å²) in [5.74, 6) is 0.354. The summed E-state index contributed by atoms with van der Waals surface area (Å²) in [4.78, 5) is 28.4. The molecule has 1 aliphatic heterocycles. The average Bonchev–Trinajstić information content (AvgIpc) is 3.26. The number of nitro benzene ring substituents is 1. The van der Waals surface area contributed by atoms with E-state index in [2.05, 4.69) is 10.3 Å². The molecule has 8 nitrogen and oxygen atoms in total. The monoisotopic (exact) mass is 359 g/mol. The molecule has 0 radical (unpaired) electrons. The second kappa shape index (κ2) is 6.17. The number of thiazole rings is 1. The molecule has 0 spiro atoms. The molecule has 2 aliphatic rings. The summed E-state index contributed by atoms with van der Waals surface area (Å²) >= 11 is 1.47. The molecule has 4 rings (SSSR count). The Balaban J connectivity index is 1.52. The van der Waals surface area contributed by atoms with E-state index in [9.17, 15) is 14.9 Å². The minimum absolute atomic E-state index is 0.0227. The van der Waals surface area contributed by atoms with Crippen LogP contribution in [0.1, 0.15) is 22.6 Å². The highest BCUT2D eigenvalue weighted by Gasteiger charge is 2.22. The minimum atomic E-state index is -0.523. The van der Waals surface area contributed by atoms with Crippen LogP contribution in [0.5, 0.6) is 11.5 Å². The molecule has 1 aromatic heterocycles. The molecular weight excluding hydrogens is 346 g/mol. The molecule has 2 aromatic rings. The van der Waals surface area contributed by atoms with Crippen molar-refractivity contribution in [3.8, 4) is 11.5 Å². The number of nitro groups is 1. The van der Waals surface area contributed by atoms with Gasteiger partial charge < -0.3 is 9.47 Å². The predicted molar refractivity (Wildman–Crippen MR) is 91.0 cm³/mol. The summed E-state index contributed by atoms with van der Waals surface area (Å²) in [6.45, 7) is 0.0227. The van der Waals surface area contributed by atoms with E-state index in [-0.39, 0.29) is 24.0 Å². The number of amides is 1. The maximum Gasteiger partial charge on any atom is 0.280 e. The second-order valence-corrected chi connectivity index (χ2v) is 6.67. The van der Waals surface area contributed by atoms with Gasteiger partial charge in [0.15, 0.2) is 16.6 Å². The largest absolute Gasteiger partial charge is 0.454 e. The van der Waals surface area contributed by atoms with Gasteiger partial charge in [0.05, 0.1) is 22.2 Å². The summed E-state index contributed by atoms with van der Waals surface area (Å²) in [5.41, 5.74) is 1.17. The van der Waals surface area contributed by atoms with Crippen LogP contribution in [0, 0.1) is 10.1 Å². The highest BCUT2D eigenvalue weighted by Crippen LogP contribution is 2.38. The lowest BCUT2D eigenvalue weighted by Crippen LogP contribution is -2.07. The Kier molecular flexibility index (Phi) is 3.85. The molecular formula is C16H13N3O5S. The number of nitrogens with one attached hydrogen (secondary N) is 1. The Bertz CT molecular complexity index is 884. The van der Waals surface area contributed by atoms with Gasteiger partial charge in [-0.2, -0.15) is 0 Å². The van der Waals surface area contributed by atoms with Crippen LogP contribution in [0.15, 0.2) is 18.2 Å². The highest BCUT2D eigenvalue weighted by atomic mass is 32.1. The van der Waals surface area contributed by atoms with E-state index in [1.54, 1.807) is 0 Å².